The first-order valence-corrected chi connectivity index (χ1v) is 15.7. The number of anilines is 1. The largest absolute Gasteiger partial charge is 0.501 e. The van der Waals surface area contributed by atoms with Crippen molar-refractivity contribution in [3.8, 4) is 11.5 Å². The predicted molar refractivity (Wildman–Crippen MR) is 159 cm³/mol. The molecule has 1 fully saturated rings. The quantitative estimate of drug-likeness (QED) is 0.192. The van der Waals surface area contributed by atoms with Gasteiger partial charge in [-0.2, -0.15) is 13.2 Å². The lowest BCUT2D eigenvalue weighted by Crippen LogP contribution is -2.47. The maximum atomic E-state index is 14.9. The molecule has 2 bridgehead atoms. The summed E-state index contributed by atoms with van der Waals surface area (Å²) in [5, 5.41) is 14.3. The third kappa shape index (κ3) is 7.09. The molecule has 2 amide bonds. The zero-order valence-corrected chi connectivity index (χ0v) is 25.4. The fourth-order valence-electron chi connectivity index (χ4n) is 5.86. The van der Waals surface area contributed by atoms with E-state index in [0.717, 1.165) is 24.3 Å². The van der Waals surface area contributed by atoms with Crippen molar-refractivity contribution in [1.29, 1.82) is 0 Å². The highest BCUT2D eigenvalue weighted by Crippen LogP contribution is 2.45. The fourth-order valence-corrected chi connectivity index (χ4v) is 6.67. The SMILES string of the molecule is COc1cc(F)c(OCc2cccc(CC(=O)O)c2)cc1C(=O)N[C@H]1[C@@H](C(=O)Nc2cccc(S(=O)(=O)C(F)(F)F)c2)[C@@H]2C=C[C@H]1C2. The highest BCUT2D eigenvalue weighted by Gasteiger charge is 2.49. The molecular formula is C32H28F4N2O8S. The van der Waals surface area contributed by atoms with E-state index in [-0.39, 0.29) is 47.6 Å². The molecule has 3 aromatic rings. The first-order chi connectivity index (χ1) is 22.2. The Labute approximate surface area is 266 Å². The van der Waals surface area contributed by atoms with Crippen molar-refractivity contribution < 1.29 is 54.9 Å². The van der Waals surface area contributed by atoms with Crippen molar-refractivity contribution in [2.75, 3.05) is 12.4 Å². The highest BCUT2D eigenvalue weighted by molar-refractivity contribution is 7.92. The number of fused-ring (bicyclic) bond motifs is 2. The van der Waals surface area contributed by atoms with Crippen LogP contribution in [0.1, 0.15) is 27.9 Å². The minimum Gasteiger partial charge on any atom is -0.496 e. The second kappa shape index (κ2) is 13.1. The topological polar surface area (TPSA) is 148 Å². The average Bonchev–Trinajstić information content (AvgIpc) is 3.62. The van der Waals surface area contributed by atoms with Gasteiger partial charge in [0.1, 0.15) is 12.4 Å². The number of benzene rings is 3. The number of sulfone groups is 1. The van der Waals surface area contributed by atoms with Crippen molar-refractivity contribution in [1.82, 2.24) is 5.32 Å². The van der Waals surface area contributed by atoms with Crippen LogP contribution in [0.15, 0.2) is 77.7 Å². The number of aliphatic carboxylic acids is 1. The summed E-state index contributed by atoms with van der Waals surface area (Å²) in [5.41, 5.74) is -4.72. The van der Waals surface area contributed by atoms with E-state index in [1.807, 2.05) is 6.08 Å². The fraction of sp³-hybridized carbons (Fsp3) is 0.281. The van der Waals surface area contributed by atoms with Crippen molar-refractivity contribution in [2.24, 2.45) is 17.8 Å². The van der Waals surface area contributed by atoms with Crippen molar-refractivity contribution in [2.45, 2.75) is 35.9 Å². The number of carbonyl (C=O) groups is 3. The molecule has 0 aromatic heterocycles. The maximum absolute atomic E-state index is 14.9. The van der Waals surface area contributed by atoms with E-state index in [0.29, 0.717) is 23.6 Å². The zero-order chi connectivity index (χ0) is 34.1. The molecule has 0 spiro atoms. The van der Waals surface area contributed by atoms with Gasteiger partial charge in [-0.15, -0.1) is 0 Å². The van der Waals surface area contributed by atoms with Crippen LogP contribution < -0.4 is 20.1 Å². The lowest BCUT2D eigenvalue weighted by Gasteiger charge is -2.28. The molecular weight excluding hydrogens is 648 g/mol. The number of allylic oxidation sites excluding steroid dienone is 1. The molecule has 3 N–H and O–H groups in total. The van der Waals surface area contributed by atoms with Gasteiger partial charge in [-0.1, -0.05) is 42.5 Å². The maximum Gasteiger partial charge on any atom is 0.501 e. The minimum atomic E-state index is -5.65. The third-order valence-corrected chi connectivity index (χ3v) is 9.50. The Morgan fingerprint density at radius 2 is 1.66 bits per heavy atom. The highest BCUT2D eigenvalue weighted by atomic mass is 32.2. The first kappa shape index (κ1) is 33.4. The summed E-state index contributed by atoms with van der Waals surface area (Å²) in [4.78, 5) is 37.0. The summed E-state index contributed by atoms with van der Waals surface area (Å²) in [6, 6.07) is 11.7. The summed E-state index contributed by atoms with van der Waals surface area (Å²) in [6.45, 7) is -0.136. The number of ether oxygens (including phenoxy) is 2. The Bertz CT molecular complexity index is 1860. The van der Waals surface area contributed by atoms with Gasteiger partial charge in [0.2, 0.25) is 5.91 Å². The summed E-state index contributed by atoms with van der Waals surface area (Å²) in [5.74, 6) is -5.04. The van der Waals surface area contributed by atoms with Crippen LogP contribution in [0, 0.1) is 23.6 Å². The standard InChI is InChI=1S/C32H28F4N2O8S/c1-45-25-15-24(33)26(46-16-18-5-2-4-17(10-18)11-27(39)40)14-23(25)30(41)38-29-20-9-8-19(12-20)28(29)31(42)37-21-6-3-7-22(13-21)47(43,44)32(34,35)36/h2-10,13-15,19-20,28-29H,11-12,16H2,1H3,(H,37,42)(H,38,41)(H,39,40)/t19-,20+,28+,29-/m1/s1. The molecule has 5 rings (SSSR count). The van der Waals surface area contributed by atoms with E-state index in [2.05, 4.69) is 10.6 Å². The molecule has 0 unspecified atom stereocenters. The van der Waals surface area contributed by atoms with Gasteiger partial charge >= 0.3 is 11.5 Å². The second-order valence-electron chi connectivity index (χ2n) is 11.1. The van der Waals surface area contributed by atoms with Gasteiger partial charge in [0.15, 0.2) is 11.6 Å². The lowest BCUT2D eigenvalue weighted by molar-refractivity contribution is -0.136. The Balaban J connectivity index is 1.33. The van der Waals surface area contributed by atoms with Crippen molar-refractivity contribution >= 4 is 33.3 Å². The van der Waals surface area contributed by atoms with Gasteiger partial charge in [0.05, 0.1) is 29.9 Å². The number of nitrogens with one attached hydrogen (secondary N) is 2. The third-order valence-electron chi connectivity index (χ3n) is 8.02. The Morgan fingerprint density at radius 3 is 2.36 bits per heavy atom. The number of methoxy groups -OCH3 is 1. The number of halogens is 4. The van der Waals surface area contributed by atoms with Gasteiger partial charge < -0.3 is 25.2 Å². The van der Waals surface area contributed by atoms with Gasteiger partial charge in [0, 0.05) is 17.8 Å². The van der Waals surface area contributed by atoms with Crippen molar-refractivity contribution in [3.63, 3.8) is 0 Å². The molecule has 0 aliphatic heterocycles. The summed E-state index contributed by atoms with van der Waals surface area (Å²) in [6.07, 6.45) is 3.93. The molecule has 1 saturated carbocycles. The van der Waals surface area contributed by atoms with E-state index >= 15 is 0 Å². The summed E-state index contributed by atoms with van der Waals surface area (Å²) < 4.78 is 88.7. The monoisotopic (exact) mass is 676 g/mol. The molecule has 0 heterocycles. The summed E-state index contributed by atoms with van der Waals surface area (Å²) >= 11 is 0. The smallest absolute Gasteiger partial charge is 0.496 e. The lowest BCUT2D eigenvalue weighted by atomic mass is 9.87. The van der Waals surface area contributed by atoms with Crippen LogP contribution in [0.2, 0.25) is 0 Å². The number of hydrogen-bond acceptors (Lipinski definition) is 7. The molecule has 3 aromatic carbocycles. The minimum absolute atomic E-state index is 0.0977. The van der Waals surface area contributed by atoms with Crippen LogP contribution in [0.5, 0.6) is 11.5 Å². The van der Waals surface area contributed by atoms with E-state index < -0.39 is 55.8 Å². The van der Waals surface area contributed by atoms with Crippen molar-refractivity contribution in [3.05, 3.63) is 95.3 Å². The Hall–Kier alpha value is -4.92. The predicted octanol–water partition coefficient (Wildman–Crippen LogP) is 4.89. The number of amides is 2. The van der Waals surface area contributed by atoms with Gasteiger partial charge in [0.25, 0.3) is 15.7 Å². The van der Waals surface area contributed by atoms with Gasteiger partial charge in [-0.25, -0.2) is 12.8 Å². The number of alkyl halides is 3. The zero-order valence-electron chi connectivity index (χ0n) is 24.6. The van der Waals surface area contributed by atoms with Crippen LogP contribution in [0.25, 0.3) is 0 Å². The average molecular weight is 677 g/mol. The first-order valence-electron chi connectivity index (χ1n) is 14.2. The molecule has 15 heteroatoms. The second-order valence-corrected chi connectivity index (χ2v) is 13.0. The van der Waals surface area contributed by atoms with E-state index in [4.69, 9.17) is 14.6 Å². The van der Waals surface area contributed by atoms with E-state index in [9.17, 15) is 40.4 Å². The van der Waals surface area contributed by atoms with Gasteiger partial charge in [-0.05, 0) is 53.6 Å². The molecule has 0 saturated heterocycles. The molecule has 0 radical (unpaired) electrons. The number of carboxylic acids is 1. The number of rotatable bonds is 11. The molecule has 10 nitrogen and oxygen atoms in total. The van der Waals surface area contributed by atoms with Crippen LogP contribution in [-0.4, -0.2) is 50.0 Å². The Morgan fingerprint density at radius 1 is 0.957 bits per heavy atom. The van der Waals surface area contributed by atoms with E-state index in [1.54, 1.807) is 30.3 Å². The Kier molecular flexibility index (Phi) is 9.29. The van der Waals surface area contributed by atoms with E-state index in [1.165, 1.54) is 13.2 Å². The van der Waals surface area contributed by atoms with Crippen LogP contribution >= 0.6 is 0 Å². The molecule has 2 aliphatic carbocycles. The number of hydrogen-bond donors (Lipinski definition) is 3. The van der Waals surface area contributed by atoms with Crippen LogP contribution in [0.4, 0.5) is 23.2 Å². The molecule has 47 heavy (non-hydrogen) atoms. The molecule has 2 aliphatic rings. The van der Waals surface area contributed by atoms with Crippen LogP contribution in [0.3, 0.4) is 0 Å². The molecule has 248 valence electrons. The normalized spacial score (nSPS) is 20.1. The number of carboxylic acid groups (broad SMARTS) is 1. The van der Waals surface area contributed by atoms with Gasteiger partial charge in [-0.3, -0.25) is 14.4 Å². The summed E-state index contributed by atoms with van der Waals surface area (Å²) in [7, 11) is -4.41. The number of carbonyl (C=O) groups excluding carboxylic acids is 2. The molecule has 4 atom stereocenters. The van der Waals surface area contributed by atoms with Crippen LogP contribution in [-0.2, 0) is 32.5 Å².